The first-order chi connectivity index (χ1) is 5.93. The van der Waals surface area contributed by atoms with E-state index in [1.165, 1.54) is 9.13 Å². The molecule has 0 amide bonds. The summed E-state index contributed by atoms with van der Waals surface area (Å²) < 4.78 is 1.25. The van der Waals surface area contributed by atoms with Gasteiger partial charge in [-0.15, -0.1) is 0 Å². The maximum Gasteiger partial charge on any atom is 0.0354 e. The van der Waals surface area contributed by atoms with Gasteiger partial charge in [0.25, 0.3) is 0 Å². The van der Waals surface area contributed by atoms with Gasteiger partial charge < -0.3 is 5.73 Å². The Morgan fingerprint density at radius 2 is 1.77 bits per heavy atom. The normalized spacial score (nSPS) is 14.2. The molecule has 1 atom stereocenters. The quantitative estimate of drug-likeness (QED) is 0.788. The fraction of sp³-hybridized carbons (Fsp3) is 0.455. The first-order valence-corrected chi connectivity index (χ1v) is 5.51. The SMILES string of the molecule is CC(C)(C)C(N)c1ccccc1I. The van der Waals surface area contributed by atoms with Crippen LogP contribution < -0.4 is 5.73 Å². The van der Waals surface area contributed by atoms with E-state index in [1.807, 2.05) is 12.1 Å². The van der Waals surface area contributed by atoms with E-state index in [1.54, 1.807) is 0 Å². The van der Waals surface area contributed by atoms with Gasteiger partial charge in [-0.25, -0.2) is 0 Å². The standard InChI is InChI=1S/C11H16IN/c1-11(2,3)10(13)8-6-4-5-7-9(8)12/h4-7,10H,13H2,1-3H3. The Hall–Kier alpha value is -0.0900. The van der Waals surface area contributed by atoms with Gasteiger partial charge in [-0.05, 0) is 39.6 Å². The highest BCUT2D eigenvalue weighted by molar-refractivity contribution is 14.1. The van der Waals surface area contributed by atoms with Gasteiger partial charge in [-0.1, -0.05) is 39.0 Å². The largest absolute Gasteiger partial charge is 0.323 e. The zero-order valence-corrected chi connectivity index (χ0v) is 10.5. The van der Waals surface area contributed by atoms with Crippen molar-refractivity contribution in [3.8, 4) is 0 Å². The molecule has 2 N–H and O–H groups in total. The smallest absolute Gasteiger partial charge is 0.0354 e. The first kappa shape index (κ1) is 11.0. The van der Waals surface area contributed by atoms with E-state index in [0.717, 1.165) is 0 Å². The highest BCUT2D eigenvalue weighted by Crippen LogP contribution is 2.32. The Bertz CT molecular complexity index is 288. The predicted octanol–water partition coefficient (Wildman–Crippen LogP) is 3.34. The third kappa shape index (κ3) is 2.68. The van der Waals surface area contributed by atoms with E-state index < -0.39 is 0 Å². The Morgan fingerprint density at radius 1 is 1.23 bits per heavy atom. The van der Waals surface area contributed by atoms with Crippen LogP contribution in [0.5, 0.6) is 0 Å². The lowest BCUT2D eigenvalue weighted by Gasteiger charge is -2.28. The molecule has 1 aromatic rings. The van der Waals surface area contributed by atoms with Gasteiger partial charge in [0, 0.05) is 9.61 Å². The molecule has 13 heavy (non-hydrogen) atoms. The molecule has 0 heterocycles. The molecule has 1 unspecified atom stereocenters. The lowest BCUT2D eigenvalue weighted by molar-refractivity contribution is 0.326. The molecule has 2 heteroatoms. The summed E-state index contributed by atoms with van der Waals surface area (Å²) in [5.41, 5.74) is 7.54. The molecule has 0 bridgehead atoms. The van der Waals surface area contributed by atoms with Crippen molar-refractivity contribution in [3.63, 3.8) is 0 Å². The molecule has 1 rings (SSSR count). The van der Waals surface area contributed by atoms with Crippen molar-refractivity contribution in [2.24, 2.45) is 11.1 Å². The van der Waals surface area contributed by atoms with Crippen molar-refractivity contribution in [2.75, 3.05) is 0 Å². The van der Waals surface area contributed by atoms with Gasteiger partial charge in [0.1, 0.15) is 0 Å². The second kappa shape index (κ2) is 3.96. The first-order valence-electron chi connectivity index (χ1n) is 4.43. The Kier molecular flexibility index (Phi) is 3.35. The van der Waals surface area contributed by atoms with Crippen molar-refractivity contribution < 1.29 is 0 Å². The number of rotatable bonds is 1. The molecule has 0 aromatic heterocycles. The van der Waals surface area contributed by atoms with Gasteiger partial charge in [-0.2, -0.15) is 0 Å². The van der Waals surface area contributed by atoms with Crippen molar-refractivity contribution >= 4 is 22.6 Å². The summed E-state index contributed by atoms with van der Waals surface area (Å²) >= 11 is 2.34. The molecule has 0 spiro atoms. The molecular formula is C11H16IN. The zero-order chi connectivity index (χ0) is 10.1. The predicted molar refractivity (Wildman–Crippen MR) is 65.5 cm³/mol. The van der Waals surface area contributed by atoms with E-state index in [9.17, 15) is 0 Å². The van der Waals surface area contributed by atoms with Crippen molar-refractivity contribution in [2.45, 2.75) is 26.8 Å². The number of nitrogens with two attached hydrogens (primary N) is 1. The maximum absolute atomic E-state index is 6.17. The van der Waals surface area contributed by atoms with Gasteiger partial charge in [-0.3, -0.25) is 0 Å². The van der Waals surface area contributed by atoms with E-state index in [0.29, 0.717) is 0 Å². The topological polar surface area (TPSA) is 26.0 Å². The minimum absolute atomic E-state index is 0.112. The maximum atomic E-state index is 6.17. The van der Waals surface area contributed by atoms with Crippen LogP contribution in [0.1, 0.15) is 32.4 Å². The fourth-order valence-electron chi connectivity index (χ4n) is 1.19. The number of hydrogen-bond acceptors (Lipinski definition) is 1. The van der Waals surface area contributed by atoms with E-state index in [-0.39, 0.29) is 11.5 Å². The monoisotopic (exact) mass is 289 g/mol. The second-order valence-electron chi connectivity index (χ2n) is 4.37. The molecule has 0 saturated carbocycles. The van der Waals surface area contributed by atoms with Crippen LogP contribution in [0.25, 0.3) is 0 Å². The second-order valence-corrected chi connectivity index (χ2v) is 5.53. The van der Waals surface area contributed by atoms with Gasteiger partial charge in [0.15, 0.2) is 0 Å². The number of halogens is 1. The third-order valence-electron chi connectivity index (χ3n) is 2.17. The summed E-state index contributed by atoms with van der Waals surface area (Å²) in [5, 5.41) is 0. The molecule has 0 saturated heterocycles. The molecule has 0 aliphatic rings. The minimum Gasteiger partial charge on any atom is -0.323 e. The van der Waals surface area contributed by atoms with Crippen LogP contribution in [0.15, 0.2) is 24.3 Å². The zero-order valence-electron chi connectivity index (χ0n) is 8.34. The van der Waals surface area contributed by atoms with E-state index in [4.69, 9.17) is 5.73 Å². The molecule has 0 radical (unpaired) electrons. The summed E-state index contributed by atoms with van der Waals surface area (Å²) in [7, 11) is 0. The van der Waals surface area contributed by atoms with Crippen molar-refractivity contribution in [1.82, 2.24) is 0 Å². The number of hydrogen-bond donors (Lipinski definition) is 1. The lowest BCUT2D eigenvalue weighted by atomic mass is 9.83. The average Bonchev–Trinajstić information content (AvgIpc) is 2.02. The van der Waals surface area contributed by atoms with Crippen LogP contribution in [-0.4, -0.2) is 0 Å². The Labute approximate surface area is 93.9 Å². The molecule has 0 fully saturated rings. The summed E-state index contributed by atoms with van der Waals surface area (Å²) in [5.74, 6) is 0. The highest BCUT2D eigenvalue weighted by Gasteiger charge is 2.23. The Morgan fingerprint density at radius 3 is 2.23 bits per heavy atom. The van der Waals surface area contributed by atoms with Crippen molar-refractivity contribution in [1.29, 1.82) is 0 Å². The van der Waals surface area contributed by atoms with Crippen molar-refractivity contribution in [3.05, 3.63) is 33.4 Å². The summed E-state index contributed by atoms with van der Waals surface area (Å²) in [6.45, 7) is 6.50. The van der Waals surface area contributed by atoms with Gasteiger partial charge >= 0.3 is 0 Å². The van der Waals surface area contributed by atoms with Crippen LogP contribution in [0, 0.1) is 8.99 Å². The summed E-state index contributed by atoms with van der Waals surface area (Å²) in [4.78, 5) is 0. The molecule has 0 aliphatic carbocycles. The van der Waals surface area contributed by atoms with Crippen LogP contribution >= 0.6 is 22.6 Å². The molecular weight excluding hydrogens is 273 g/mol. The van der Waals surface area contributed by atoms with E-state index >= 15 is 0 Å². The third-order valence-corrected chi connectivity index (χ3v) is 3.16. The van der Waals surface area contributed by atoms with Crippen LogP contribution in [-0.2, 0) is 0 Å². The molecule has 1 nitrogen and oxygen atoms in total. The number of benzene rings is 1. The molecule has 0 aliphatic heterocycles. The van der Waals surface area contributed by atoms with Gasteiger partial charge in [0.2, 0.25) is 0 Å². The van der Waals surface area contributed by atoms with Crippen LogP contribution in [0.2, 0.25) is 0 Å². The summed E-state index contributed by atoms with van der Waals surface area (Å²) in [6, 6.07) is 8.41. The van der Waals surface area contributed by atoms with Gasteiger partial charge in [0.05, 0.1) is 0 Å². The fourth-order valence-corrected chi connectivity index (χ4v) is 1.92. The molecule has 1 aromatic carbocycles. The lowest BCUT2D eigenvalue weighted by Crippen LogP contribution is -2.26. The van der Waals surface area contributed by atoms with E-state index in [2.05, 4.69) is 55.5 Å². The van der Waals surface area contributed by atoms with Crippen LogP contribution in [0.3, 0.4) is 0 Å². The van der Waals surface area contributed by atoms with Crippen LogP contribution in [0.4, 0.5) is 0 Å². The summed E-state index contributed by atoms with van der Waals surface area (Å²) in [6.07, 6.45) is 0. The Balaban J connectivity index is 3.02. The average molecular weight is 289 g/mol. The minimum atomic E-state index is 0.112. The highest BCUT2D eigenvalue weighted by atomic mass is 127. The molecule has 72 valence electrons.